The standard InChI is InChI=1S/C31H39N3O5S/c1-22-16-17-26(18-23(22)2)34(40(37,38)28-14-9-8-10-15-28)21-29(35)33(24(3)30(36)32-31(4,5)6)20-25-12-11-13-27(19-25)39-7/h8-19,24H,20-21H2,1-7H3,(H,32,36)/t24-/m0/s1. The van der Waals surface area contributed by atoms with Gasteiger partial charge in [0.25, 0.3) is 10.0 Å². The Morgan fingerprint density at radius 3 is 2.20 bits per heavy atom. The molecule has 0 spiro atoms. The van der Waals surface area contributed by atoms with Crippen LogP contribution in [0.4, 0.5) is 5.69 Å². The molecule has 0 fully saturated rings. The molecule has 2 amide bonds. The summed E-state index contributed by atoms with van der Waals surface area (Å²) in [4.78, 5) is 28.7. The van der Waals surface area contributed by atoms with Crippen molar-refractivity contribution in [1.29, 1.82) is 0 Å². The Labute approximate surface area is 238 Å². The van der Waals surface area contributed by atoms with Crippen LogP contribution in [0.2, 0.25) is 0 Å². The van der Waals surface area contributed by atoms with Crippen molar-refractivity contribution in [2.24, 2.45) is 0 Å². The maximum absolute atomic E-state index is 14.0. The van der Waals surface area contributed by atoms with E-state index in [2.05, 4.69) is 5.32 Å². The molecule has 0 heterocycles. The van der Waals surface area contributed by atoms with Crippen LogP contribution < -0.4 is 14.4 Å². The number of hydrogen-bond donors (Lipinski definition) is 1. The number of ether oxygens (including phenoxy) is 1. The third-order valence-electron chi connectivity index (χ3n) is 6.54. The summed E-state index contributed by atoms with van der Waals surface area (Å²) in [7, 11) is -2.55. The Hall–Kier alpha value is -3.85. The van der Waals surface area contributed by atoms with Crippen molar-refractivity contribution < 1.29 is 22.7 Å². The van der Waals surface area contributed by atoms with Crippen molar-refractivity contribution in [3.8, 4) is 5.75 Å². The predicted molar refractivity (Wildman–Crippen MR) is 158 cm³/mol. The van der Waals surface area contributed by atoms with Gasteiger partial charge < -0.3 is 15.0 Å². The second kappa shape index (κ2) is 12.6. The highest BCUT2D eigenvalue weighted by Crippen LogP contribution is 2.27. The number of sulfonamides is 1. The first-order valence-corrected chi connectivity index (χ1v) is 14.6. The van der Waals surface area contributed by atoms with E-state index in [0.29, 0.717) is 11.4 Å². The van der Waals surface area contributed by atoms with Crippen LogP contribution in [0.5, 0.6) is 5.75 Å². The predicted octanol–water partition coefficient (Wildman–Crippen LogP) is 4.84. The summed E-state index contributed by atoms with van der Waals surface area (Å²) in [6.07, 6.45) is 0. The molecule has 9 heteroatoms. The van der Waals surface area contributed by atoms with Crippen LogP contribution in [0.3, 0.4) is 0 Å². The SMILES string of the molecule is COc1cccc(CN(C(=O)CN(c2ccc(C)c(C)c2)S(=O)(=O)c2ccccc2)[C@@H](C)C(=O)NC(C)(C)C)c1. The van der Waals surface area contributed by atoms with Crippen LogP contribution in [0.1, 0.15) is 44.4 Å². The van der Waals surface area contributed by atoms with Gasteiger partial charge in [-0.3, -0.25) is 13.9 Å². The van der Waals surface area contributed by atoms with Gasteiger partial charge >= 0.3 is 0 Å². The average molecular weight is 566 g/mol. The first kappa shape index (κ1) is 30.7. The van der Waals surface area contributed by atoms with Crippen molar-refractivity contribution in [3.05, 3.63) is 89.5 Å². The zero-order valence-corrected chi connectivity index (χ0v) is 25.1. The number of carbonyl (C=O) groups is 2. The van der Waals surface area contributed by atoms with Gasteiger partial charge in [0.15, 0.2) is 0 Å². The van der Waals surface area contributed by atoms with Crippen LogP contribution in [-0.2, 0) is 26.2 Å². The van der Waals surface area contributed by atoms with E-state index in [-0.39, 0.29) is 17.3 Å². The van der Waals surface area contributed by atoms with Gasteiger partial charge in [-0.2, -0.15) is 0 Å². The van der Waals surface area contributed by atoms with Crippen molar-refractivity contribution in [3.63, 3.8) is 0 Å². The van der Waals surface area contributed by atoms with E-state index in [1.54, 1.807) is 62.6 Å². The van der Waals surface area contributed by atoms with E-state index >= 15 is 0 Å². The molecule has 0 unspecified atom stereocenters. The fourth-order valence-corrected chi connectivity index (χ4v) is 5.58. The van der Waals surface area contributed by atoms with Gasteiger partial charge in [0, 0.05) is 12.1 Å². The van der Waals surface area contributed by atoms with Crippen molar-refractivity contribution >= 4 is 27.5 Å². The van der Waals surface area contributed by atoms with E-state index in [9.17, 15) is 18.0 Å². The number of carbonyl (C=O) groups excluding carboxylic acids is 2. The summed E-state index contributed by atoms with van der Waals surface area (Å²) in [6, 6.07) is 19.6. The summed E-state index contributed by atoms with van der Waals surface area (Å²) >= 11 is 0. The molecule has 0 bridgehead atoms. The normalized spacial score (nSPS) is 12.4. The minimum Gasteiger partial charge on any atom is -0.497 e. The molecular formula is C31H39N3O5S. The Bertz CT molecular complexity index is 1450. The van der Waals surface area contributed by atoms with Crippen molar-refractivity contribution in [1.82, 2.24) is 10.2 Å². The lowest BCUT2D eigenvalue weighted by Gasteiger charge is -2.33. The maximum atomic E-state index is 14.0. The number of benzene rings is 3. The molecule has 1 N–H and O–H groups in total. The summed E-state index contributed by atoms with van der Waals surface area (Å²) < 4.78 is 34.2. The molecular weight excluding hydrogens is 526 g/mol. The number of amides is 2. The molecule has 214 valence electrons. The molecule has 3 rings (SSSR count). The number of nitrogens with one attached hydrogen (secondary N) is 1. The Balaban J connectivity index is 2.06. The topological polar surface area (TPSA) is 96.0 Å². The molecule has 0 radical (unpaired) electrons. The maximum Gasteiger partial charge on any atom is 0.264 e. The van der Waals surface area contributed by atoms with Crippen molar-refractivity contribution in [2.45, 2.75) is 64.6 Å². The lowest BCUT2D eigenvalue weighted by molar-refractivity contribution is -0.140. The van der Waals surface area contributed by atoms with Gasteiger partial charge in [-0.05, 0) is 94.6 Å². The van der Waals surface area contributed by atoms with Crippen LogP contribution in [-0.4, -0.2) is 50.4 Å². The molecule has 3 aromatic carbocycles. The third kappa shape index (κ3) is 7.63. The molecule has 0 aliphatic heterocycles. The lowest BCUT2D eigenvalue weighted by Crippen LogP contribution is -2.54. The van der Waals surface area contributed by atoms with Gasteiger partial charge in [-0.1, -0.05) is 36.4 Å². The van der Waals surface area contributed by atoms with Gasteiger partial charge in [-0.15, -0.1) is 0 Å². The van der Waals surface area contributed by atoms with E-state index in [4.69, 9.17) is 4.74 Å². The average Bonchev–Trinajstić information content (AvgIpc) is 2.91. The van der Waals surface area contributed by atoms with E-state index in [1.807, 2.05) is 46.8 Å². The third-order valence-corrected chi connectivity index (χ3v) is 8.33. The second-order valence-electron chi connectivity index (χ2n) is 10.9. The molecule has 40 heavy (non-hydrogen) atoms. The molecule has 8 nitrogen and oxygen atoms in total. The van der Waals surface area contributed by atoms with Gasteiger partial charge in [-0.25, -0.2) is 8.42 Å². The Morgan fingerprint density at radius 1 is 0.925 bits per heavy atom. The summed E-state index contributed by atoms with van der Waals surface area (Å²) in [5, 5.41) is 2.93. The number of anilines is 1. The highest BCUT2D eigenvalue weighted by Gasteiger charge is 2.33. The Morgan fingerprint density at radius 2 is 1.60 bits per heavy atom. The van der Waals surface area contributed by atoms with Crippen LogP contribution in [0, 0.1) is 13.8 Å². The number of nitrogens with zero attached hydrogens (tertiary/aromatic N) is 2. The summed E-state index contributed by atoms with van der Waals surface area (Å²) in [5.41, 5.74) is 2.49. The van der Waals surface area contributed by atoms with Gasteiger partial charge in [0.2, 0.25) is 11.8 Å². The van der Waals surface area contributed by atoms with Crippen LogP contribution in [0.15, 0.2) is 77.7 Å². The first-order chi connectivity index (χ1) is 18.7. The monoisotopic (exact) mass is 565 g/mol. The number of methoxy groups -OCH3 is 1. The highest BCUT2D eigenvalue weighted by atomic mass is 32.2. The zero-order chi connectivity index (χ0) is 29.7. The fraction of sp³-hybridized carbons (Fsp3) is 0.355. The molecule has 1 atom stereocenters. The molecule has 0 aromatic heterocycles. The number of rotatable bonds is 10. The highest BCUT2D eigenvalue weighted by molar-refractivity contribution is 7.92. The minimum atomic E-state index is -4.11. The Kier molecular flexibility index (Phi) is 9.63. The molecule has 0 aliphatic rings. The van der Waals surface area contributed by atoms with Crippen molar-refractivity contribution in [2.75, 3.05) is 18.0 Å². The largest absolute Gasteiger partial charge is 0.497 e. The number of aryl methyl sites for hydroxylation is 2. The van der Waals surface area contributed by atoms with Crippen LogP contribution in [0.25, 0.3) is 0 Å². The molecule has 3 aromatic rings. The smallest absolute Gasteiger partial charge is 0.264 e. The molecule has 0 saturated carbocycles. The molecule has 0 saturated heterocycles. The second-order valence-corrected chi connectivity index (χ2v) is 12.7. The quantitative estimate of drug-likeness (QED) is 0.380. The fourth-order valence-electron chi connectivity index (χ4n) is 4.15. The molecule has 0 aliphatic carbocycles. The summed E-state index contributed by atoms with van der Waals surface area (Å²) in [5.74, 6) is -0.246. The van der Waals surface area contributed by atoms with Crippen LogP contribution >= 0.6 is 0 Å². The van der Waals surface area contributed by atoms with Gasteiger partial charge in [0.1, 0.15) is 18.3 Å². The minimum absolute atomic E-state index is 0.0684. The lowest BCUT2D eigenvalue weighted by atomic mass is 10.1. The van der Waals surface area contributed by atoms with E-state index < -0.39 is 34.1 Å². The summed E-state index contributed by atoms with van der Waals surface area (Å²) in [6.45, 7) is 10.6. The first-order valence-electron chi connectivity index (χ1n) is 13.1. The zero-order valence-electron chi connectivity index (χ0n) is 24.3. The van der Waals surface area contributed by atoms with E-state index in [1.165, 1.54) is 17.0 Å². The number of hydrogen-bond acceptors (Lipinski definition) is 5. The van der Waals surface area contributed by atoms with E-state index in [0.717, 1.165) is 21.0 Å². The van der Waals surface area contributed by atoms with Gasteiger partial charge in [0.05, 0.1) is 17.7 Å².